The van der Waals surface area contributed by atoms with Crippen LogP contribution in [0, 0.1) is 5.92 Å². The third-order valence-corrected chi connectivity index (χ3v) is 5.03. The van der Waals surface area contributed by atoms with Crippen molar-refractivity contribution in [3.8, 4) is 0 Å². The first-order valence-electron chi connectivity index (χ1n) is 8.68. The van der Waals surface area contributed by atoms with Crippen molar-refractivity contribution in [2.75, 3.05) is 6.54 Å². The number of carbonyl (C=O) groups excluding carboxylic acids is 1. The molecule has 142 valence electrons. The largest absolute Gasteiger partial charge is 0.592 e. The van der Waals surface area contributed by atoms with Crippen molar-refractivity contribution < 1.29 is 14.1 Å². The van der Waals surface area contributed by atoms with Crippen molar-refractivity contribution in [2.24, 2.45) is 11.1 Å². The Morgan fingerprint density at radius 3 is 2.76 bits per heavy atom. The maximum absolute atomic E-state index is 12.4. The number of nitrogens with zero attached hydrogens (tertiary/aromatic N) is 3. The summed E-state index contributed by atoms with van der Waals surface area (Å²) in [6, 6.07) is 1.68. The zero-order chi connectivity index (χ0) is 18.8. The predicted octanol–water partition coefficient (Wildman–Crippen LogP) is 2.68. The average molecular weight is 371 g/mol. The molecular formula is C17H30N4O3S. The molecule has 2 N–H and O–H groups in total. The Balaban J connectivity index is 1.84. The lowest BCUT2D eigenvalue weighted by Gasteiger charge is -2.33. The van der Waals surface area contributed by atoms with Crippen LogP contribution in [0.3, 0.4) is 0 Å². The van der Waals surface area contributed by atoms with Crippen LogP contribution in [0.15, 0.2) is 17.3 Å². The minimum Gasteiger partial charge on any atom is -0.592 e. The smallest absolute Gasteiger partial charge is 0.410 e. The number of hydrogen-bond acceptors (Lipinski definition) is 5. The summed E-state index contributed by atoms with van der Waals surface area (Å²) in [5.74, 6) is 0.446. The van der Waals surface area contributed by atoms with E-state index in [1.165, 1.54) is 0 Å². The summed E-state index contributed by atoms with van der Waals surface area (Å²) in [6.07, 6.45) is 4.47. The number of amides is 1. The first kappa shape index (κ1) is 20.1. The second kappa shape index (κ2) is 7.55. The van der Waals surface area contributed by atoms with Gasteiger partial charge in [0, 0.05) is 30.9 Å². The van der Waals surface area contributed by atoms with E-state index >= 15 is 0 Å². The van der Waals surface area contributed by atoms with Crippen LogP contribution >= 0.6 is 0 Å². The van der Waals surface area contributed by atoms with Crippen LogP contribution < -0.4 is 5.14 Å². The summed E-state index contributed by atoms with van der Waals surface area (Å²) in [5, 5.41) is 9.91. The molecule has 1 amide bonds. The van der Waals surface area contributed by atoms with Crippen LogP contribution in [-0.2, 0) is 22.6 Å². The Morgan fingerprint density at radius 2 is 2.20 bits per heavy atom. The fourth-order valence-corrected chi connectivity index (χ4v) is 3.72. The van der Waals surface area contributed by atoms with Gasteiger partial charge in [-0.1, -0.05) is 0 Å². The SMILES string of the molecule is CC(C)(C)OC(=O)N1CC(CCCn2ccc([S+](N)[O-])n2)CC1(C)C. The highest BCUT2D eigenvalue weighted by Crippen LogP contribution is 2.36. The van der Waals surface area contributed by atoms with Crippen LogP contribution in [0.25, 0.3) is 0 Å². The lowest BCUT2D eigenvalue weighted by atomic mass is 9.93. The van der Waals surface area contributed by atoms with Crippen molar-refractivity contribution in [2.45, 2.75) is 76.6 Å². The van der Waals surface area contributed by atoms with Gasteiger partial charge in [0.25, 0.3) is 5.03 Å². The van der Waals surface area contributed by atoms with Crippen molar-refractivity contribution in [3.63, 3.8) is 0 Å². The Kier molecular flexibility index (Phi) is 6.06. The fourth-order valence-electron chi connectivity index (χ4n) is 3.34. The third kappa shape index (κ3) is 5.62. The monoisotopic (exact) mass is 370 g/mol. The summed E-state index contributed by atoms with van der Waals surface area (Å²) in [7, 11) is 0. The topological polar surface area (TPSA) is 96.4 Å². The van der Waals surface area contributed by atoms with Crippen LogP contribution in [0.1, 0.15) is 53.9 Å². The third-order valence-electron chi connectivity index (χ3n) is 4.40. The van der Waals surface area contributed by atoms with Crippen LogP contribution in [-0.4, -0.2) is 43.0 Å². The second-order valence-electron chi connectivity index (χ2n) is 8.33. The number of ether oxygens (including phenoxy) is 1. The Labute approximate surface area is 153 Å². The van der Waals surface area contributed by atoms with Gasteiger partial charge in [-0.2, -0.15) is 0 Å². The molecule has 1 aromatic heterocycles. The van der Waals surface area contributed by atoms with Crippen molar-refractivity contribution >= 4 is 17.5 Å². The standard InChI is InChI=1S/C17H30N4O3S/c1-16(2,3)24-15(22)21-12-13(11-17(21,4)5)7-6-9-20-10-8-14(19-20)25(18)23/h8,10,13H,6-7,9,11-12,18H2,1-5H3. The molecule has 0 bridgehead atoms. The second-order valence-corrected chi connectivity index (χ2v) is 9.34. The molecule has 1 aliphatic heterocycles. The van der Waals surface area contributed by atoms with Gasteiger partial charge in [0.05, 0.1) is 11.4 Å². The zero-order valence-corrected chi connectivity index (χ0v) is 16.6. The van der Waals surface area contributed by atoms with E-state index in [-0.39, 0.29) is 11.6 Å². The average Bonchev–Trinajstić information content (AvgIpc) is 3.01. The highest BCUT2D eigenvalue weighted by Gasteiger charge is 2.42. The predicted molar refractivity (Wildman–Crippen MR) is 97.2 cm³/mol. The molecule has 2 heterocycles. The van der Waals surface area contributed by atoms with Gasteiger partial charge in [0.15, 0.2) is 0 Å². The van der Waals surface area contributed by atoms with Gasteiger partial charge in [-0.25, -0.2) is 4.79 Å². The van der Waals surface area contributed by atoms with E-state index in [1.807, 2.05) is 25.7 Å². The van der Waals surface area contributed by atoms with E-state index in [0.29, 0.717) is 10.9 Å². The van der Waals surface area contributed by atoms with Crippen molar-refractivity contribution in [3.05, 3.63) is 12.3 Å². The molecular weight excluding hydrogens is 340 g/mol. The van der Waals surface area contributed by atoms with E-state index in [1.54, 1.807) is 16.9 Å². The summed E-state index contributed by atoms with van der Waals surface area (Å²) in [4.78, 5) is 14.3. The van der Waals surface area contributed by atoms with Crippen LogP contribution in [0.4, 0.5) is 4.79 Å². The number of rotatable bonds is 5. The summed E-state index contributed by atoms with van der Waals surface area (Å²) < 4.78 is 18.5. The number of aryl methyl sites for hydroxylation is 1. The summed E-state index contributed by atoms with van der Waals surface area (Å²) in [6.45, 7) is 11.3. The van der Waals surface area contributed by atoms with Crippen molar-refractivity contribution in [1.82, 2.24) is 14.7 Å². The summed E-state index contributed by atoms with van der Waals surface area (Å²) in [5.41, 5.74) is -0.672. The highest BCUT2D eigenvalue weighted by atomic mass is 32.2. The van der Waals surface area contributed by atoms with Gasteiger partial charge in [0.2, 0.25) is 0 Å². The molecule has 1 aromatic rings. The number of hydrogen-bond donors (Lipinski definition) is 1. The number of aromatic nitrogens is 2. The summed E-state index contributed by atoms with van der Waals surface area (Å²) >= 11 is -1.53. The maximum Gasteiger partial charge on any atom is 0.410 e. The minimum atomic E-state index is -1.53. The van der Waals surface area contributed by atoms with Crippen LogP contribution in [0.5, 0.6) is 0 Å². The maximum atomic E-state index is 12.4. The van der Waals surface area contributed by atoms with Crippen molar-refractivity contribution in [1.29, 1.82) is 0 Å². The molecule has 2 atom stereocenters. The molecule has 8 heteroatoms. The molecule has 0 saturated carbocycles. The Morgan fingerprint density at radius 1 is 1.52 bits per heavy atom. The molecule has 1 fully saturated rings. The zero-order valence-electron chi connectivity index (χ0n) is 15.8. The fraction of sp³-hybridized carbons (Fsp3) is 0.765. The quantitative estimate of drug-likeness (QED) is 0.804. The molecule has 0 spiro atoms. The van der Waals surface area contributed by atoms with E-state index < -0.39 is 17.0 Å². The van der Waals surface area contributed by atoms with Gasteiger partial charge >= 0.3 is 6.09 Å². The lowest BCUT2D eigenvalue weighted by Crippen LogP contribution is -2.45. The minimum absolute atomic E-state index is 0.192. The molecule has 0 radical (unpaired) electrons. The molecule has 1 aliphatic rings. The Bertz CT molecular complexity index is 595. The first-order chi connectivity index (χ1) is 11.5. The number of likely N-dealkylation sites (tertiary alicyclic amines) is 1. The highest BCUT2D eigenvalue weighted by molar-refractivity contribution is 7.89. The normalized spacial score (nSPS) is 21.4. The van der Waals surface area contributed by atoms with Gasteiger partial charge in [0.1, 0.15) is 5.60 Å². The molecule has 1 saturated heterocycles. The van der Waals surface area contributed by atoms with E-state index in [0.717, 1.165) is 32.4 Å². The van der Waals surface area contributed by atoms with Crippen LogP contribution in [0.2, 0.25) is 0 Å². The molecule has 25 heavy (non-hydrogen) atoms. The Hall–Kier alpha value is -1.25. The molecule has 7 nitrogen and oxygen atoms in total. The molecule has 2 rings (SSSR count). The van der Waals surface area contributed by atoms with Gasteiger partial charge in [-0.3, -0.25) is 4.68 Å². The van der Waals surface area contributed by atoms with E-state index in [9.17, 15) is 9.35 Å². The van der Waals surface area contributed by atoms with E-state index in [4.69, 9.17) is 9.88 Å². The number of nitrogens with two attached hydrogens (primary N) is 1. The number of carbonyl (C=O) groups is 1. The van der Waals surface area contributed by atoms with Gasteiger partial charge in [-0.15, -0.1) is 10.2 Å². The first-order valence-corrected chi connectivity index (χ1v) is 9.89. The molecule has 2 unspecified atom stereocenters. The van der Waals surface area contributed by atoms with E-state index in [2.05, 4.69) is 18.9 Å². The van der Waals surface area contributed by atoms with Gasteiger partial charge in [-0.05, 0) is 59.8 Å². The van der Waals surface area contributed by atoms with Gasteiger partial charge < -0.3 is 14.2 Å². The molecule has 0 aromatic carbocycles. The lowest BCUT2D eigenvalue weighted by molar-refractivity contribution is 0.0131. The molecule has 0 aliphatic carbocycles.